The standard InChI is InChI=1S/C14H21NO4S2/c1-15(5-4-13-3-2-6-20-13)21(16,17)10-12-7-11-8-18-9-14(11)19-12/h2-3,6,11-12,14H,4-5,7-10H2,1H3/t11-,12-,14-/m0/s1. The number of nitrogens with zero attached hydrogens (tertiary/aromatic N) is 1. The lowest BCUT2D eigenvalue weighted by Gasteiger charge is -2.19. The number of ether oxygens (including phenoxy) is 2. The molecule has 3 heterocycles. The van der Waals surface area contributed by atoms with Gasteiger partial charge in [-0.2, -0.15) is 0 Å². The van der Waals surface area contributed by atoms with Gasteiger partial charge in [-0.15, -0.1) is 11.3 Å². The van der Waals surface area contributed by atoms with Crippen LogP contribution in [0.2, 0.25) is 0 Å². The van der Waals surface area contributed by atoms with Gasteiger partial charge in [0.1, 0.15) is 0 Å². The smallest absolute Gasteiger partial charge is 0.216 e. The first-order chi connectivity index (χ1) is 10.0. The minimum Gasteiger partial charge on any atom is -0.378 e. The molecule has 2 aliphatic rings. The number of fused-ring (bicyclic) bond motifs is 1. The molecule has 7 heteroatoms. The monoisotopic (exact) mass is 331 g/mol. The fraction of sp³-hybridized carbons (Fsp3) is 0.714. The van der Waals surface area contributed by atoms with Crippen molar-refractivity contribution in [3.05, 3.63) is 22.4 Å². The van der Waals surface area contributed by atoms with Crippen LogP contribution in [0.4, 0.5) is 0 Å². The molecule has 0 unspecified atom stereocenters. The summed E-state index contributed by atoms with van der Waals surface area (Å²) >= 11 is 1.66. The van der Waals surface area contributed by atoms with Crippen LogP contribution in [0.1, 0.15) is 11.3 Å². The predicted octanol–water partition coefficient (Wildman–Crippen LogP) is 1.36. The first-order valence-corrected chi connectivity index (χ1v) is 9.73. The third kappa shape index (κ3) is 3.65. The van der Waals surface area contributed by atoms with Crippen molar-refractivity contribution in [3.8, 4) is 0 Å². The Hall–Kier alpha value is -0.470. The van der Waals surface area contributed by atoms with Gasteiger partial charge in [-0.1, -0.05) is 6.07 Å². The van der Waals surface area contributed by atoms with E-state index >= 15 is 0 Å². The molecule has 0 N–H and O–H groups in total. The molecule has 0 radical (unpaired) electrons. The van der Waals surface area contributed by atoms with Crippen molar-refractivity contribution in [2.75, 3.05) is 32.6 Å². The van der Waals surface area contributed by atoms with Crippen LogP contribution in [0.25, 0.3) is 0 Å². The van der Waals surface area contributed by atoms with Crippen LogP contribution in [0.15, 0.2) is 17.5 Å². The molecule has 1 aromatic heterocycles. The quantitative estimate of drug-likeness (QED) is 0.790. The van der Waals surface area contributed by atoms with E-state index in [1.807, 2.05) is 17.5 Å². The molecule has 0 aliphatic carbocycles. The Balaban J connectivity index is 1.51. The van der Waals surface area contributed by atoms with E-state index in [4.69, 9.17) is 9.47 Å². The summed E-state index contributed by atoms with van der Waals surface area (Å²) in [4.78, 5) is 1.21. The second-order valence-corrected chi connectivity index (χ2v) is 8.91. The fourth-order valence-corrected chi connectivity index (χ4v) is 4.93. The van der Waals surface area contributed by atoms with Crippen molar-refractivity contribution >= 4 is 21.4 Å². The lowest BCUT2D eigenvalue weighted by molar-refractivity contribution is 0.0296. The summed E-state index contributed by atoms with van der Waals surface area (Å²) in [7, 11) is -1.60. The minimum atomic E-state index is -3.26. The van der Waals surface area contributed by atoms with Gasteiger partial charge in [0, 0.05) is 24.4 Å². The largest absolute Gasteiger partial charge is 0.378 e. The topological polar surface area (TPSA) is 55.8 Å². The van der Waals surface area contributed by atoms with Gasteiger partial charge in [-0.3, -0.25) is 0 Å². The molecule has 21 heavy (non-hydrogen) atoms. The van der Waals surface area contributed by atoms with Gasteiger partial charge in [0.2, 0.25) is 10.0 Å². The molecule has 2 aliphatic heterocycles. The lowest BCUT2D eigenvalue weighted by Crippen LogP contribution is -2.35. The molecule has 1 aromatic rings. The van der Waals surface area contributed by atoms with E-state index < -0.39 is 10.0 Å². The molecule has 3 rings (SSSR count). The highest BCUT2D eigenvalue weighted by molar-refractivity contribution is 7.89. The van der Waals surface area contributed by atoms with E-state index in [1.165, 1.54) is 9.18 Å². The number of rotatable bonds is 6. The van der Waals surface area contributed by atoms with Crippen molar-refractivity contribution in [2.45, 2.75) is 25.0 Å². The van der Waals surface area contributed by atoms with Gasteiger partial charge in [0.25, 0.3) is 0 Å². The second kappa shape index (κ2) is 6.34. The fourth-order valence-electron chi connectivity index (χ4n) is 2.92. The maximum Gasteiger partial charge on any atom is 0.216 e. The summed E-state index contributed by atoms with van der Waals surface area (Å²) in [6.07, 6.45) is 1.47. The van der Waals surface area contributed by atoms with Gasteiger partial charge < -0.3 is 9.47 Å². The molecule has 118 valence electrons. The molecule has 0 saturated carbocycles. The van der Waals surface area contributed by atoms with Crippen molar-refractivity contribution in [2.24, 2.45) is 5.92 Å². The van der Waals surface area contributed by atoms with E-state index in [0.717, 1.165) is 12.8 Å². The van der Waals surface area contributed by atoms with E-state index in [2.05, 4.69) is 0 Å². The summed E-state index contributed by atoms with van der Waals surface area (Å²) in [6.45, 7) is 1.83. The number of hydrogen-bond donors (Lipinski definition) is 0. The van der Waals surface area contributed by atoms with Gasteiger partial charge >= 0.3 is 0 Å². The first-order valence-electron chi connectivity index (χ1n) is 7.24. The highest BCUT2D eigenvalue weighted by atomic mass is 32.2. The van der Waals surface area contributed by atoms with Gasteiger partial charge in [-0.05, 0) is 24.3 Å². The zero-order valence-electron chi connectivity index (χ0n) is 12.1. The number of likely N-dealkylation sites (N-methyl/N-ethyl adjacent to an activating group) is 1. The van der Waals surface area contributed by atoms with E-state index in [-0.39, 0.29) is 18.0 Å². The minimum absolute atomic E-state index is 0.0843. The van der Waals surface area contributed by atoms with E-state index in [9.17, 15) is 8.42 Å². The zero-order valence-corrected chi connectivity index (χ0v) is 13.7. The first kappa shape index (κ1) is 15.4. The second-order valence-electron chi connectivity index (χ2n) is 5.76. The van der Waals surface area contributed by atoms with Crippen LogP contribution in [-0.2, 0) is 25.9 Å². The average Bonchev–Trinajstić information content (AvgIpc) is 3.10. The van der Waals surface area contributed by atoms with Crippen LogP contribution in [-0.4, -0.2) is 57.5 Å². The Morgan fingerprint density at radius 2 is 2.29 bits per heavy atom. The number of hydrogen-bond acceptors (Lipinski definition) is 5. The molecule has 3 atom stereocenters. The molecular formula is C14H21NO4S2. The Morgan fingerprint density at radius 3 is 3.00 bits per heavy atom. The highest BCUT2D eigenvalue weighted by Gasteiger charge is 2.41. The van der Waals surface area contributed by atoms with Crippen molar-refractivity contribution in [1.82, 2.24) is 4.31 Å². The van der Waals surface area contributed by atoms with E-state index in [0.29, 0.717) is 25.7 Å². The average molecular weight is 331 g/mol. The van der Waals surface area contributed by atoms with Crippen molar-refractivity contribution in [1.29, 1.82) is 0 Å². The zero-order chi connectivity index (χ0) is 14.9. The predicted molar refractivity (Wildman–Crippen MR) is 82.0 cm³/mol. The Kier molecular flexibility index (Phi) is 4.66. The highest BCUT2D eigenvalue weighted by Crippen LogP contribution is 2.32. The Morgan fingerprint density at radius 1 is 1.43 bits per heavy atom. The molecule has 0 spiro atoms. The molecule has 0 aromatic carbocycles. The number of thiophene rings is 1. The van der Waals surface area contributed by atoms with Crippen LogP contribution < -0.4 is 0 Å². The summed E-state index contributed by atoms with van der Waals surface area (Å²) in [5.74, 6) is 0.461. The molecular weight excluding hydrogens is 310 g/mol. The van der Waals surface area contributed by atoms with Crippen molar-refractivity contribution in [3.63, 3.8) is 0 Å². The molecule has 2 fully saturated rings. The van der Waals surface area contributed by atoms with Gasteiger partial charge in [0.15, 0.2) is 0 Å². The Bertz CT molecular complexity index is 546. The van der Waals surface area contributed by atoms with Crippen LogP contribution in [0.5, 0.6) is 0 Å². The van der Waals surface area contributed by atoms with Crippen LogP contribution >= 0.6 is 11.3 Å². The third-order valence-electron chi connectivity index (χ3n) is 4.20. The third-order valence-corrected chi connectivity index (χ3v) is 7.06. The normalized spacial score (nSPS) is 29.1. The van der Waals surface area contributed by atoms with E-state index in [1.54, 1.807) is 18.4 Å². The molecule has 0 bridgehead atoms. The van der Waals surface area contributed by atoms with Crippen molar-refractivity contribution < 1.29 is 17.9 Å². The lowest BCUT2D eigenvalue weighted by atomic mass is 10.0. The van der Waals surface area contributed by atoms with Gasteiger partial charge in [0.05, 0.1) is 31.2 Å². The molecule has 5 nitrogen and oxygen atoms in total. The maximum atomic E-state index is 12.4. The molecule has 2 saturated heterocycles. The maximum absolute atomic E-state index is 12.4. The summed E-state index contributed by atoms with van der Waals surface area (Å²) in [5, 5.41) is 2.01. The van der Waals surface area contributed by atoms with Crippen LogP contribution in [0.3, 0.4) is 0 Å². The SMILES string of the molecule is CN(CCc1cccs1)S(=O)(=O)C[C@@H]1C[C@H]2COC[C@@H]2O1. The summed E-state index contributed by atoms with van der Waals surface area (Å²) < 4.78 is 37.4. The summed E-state index contributed by atoms with van der Waals surface area (Å²) in [6, 6.07) is 4.02. The summed E-state index contributed by atoms with van der Waals surface area (Å²) in [5.41, 5.74) is 0. The number of sulfonamides is 1. The van der Waals surface area contributed by atoms with Crippen LogP contribution in [0, 0.1) is 5.92 Å². The van der Waals surface area contributed by atoms with Gasteiger partial charge in [-0.25, -0.2) is 12.7 Å². The Labute approximate surface area is 129 Å². The molecule has 0 amide bonds.